The van der Waals surface area contributed by atoms with E-state index in [1.807, 2.05) is 6.92 Å². The van der Waals surface area contributed by atoms with Crippen molar-refractivity contribution in [3.8, 4) is 0 Å². The molecule has 1 aromatic heterocycles. The highest BCUT2D eigenvalue weighted by Crippen LogP contribution is 2.16. The second-order valence-corrected chi connectivity index (χ2v) is 5.66. The van der Waals surface area contributed by atoms with Gasteiger partial charge in [-0.05, 0) is 18.2 Å². The Hall–Kier alpha value is -1.76. The third-order valence-electron chi connectivity index (χ3n) is 2.29. The number of aromatic nitrogens is 2. The van der Waals surface area contributed by atoms with Crippen LogP contribution < -0.4 is 0 Å². The molecule has 1 heterocycles. The summed E-state index contributed by atoms with van der Waals surface area (Å²) in [5, 5.41) is 3.56. The molecule has 0 aliphatic heterocycles. The van der Waals surface area contributed by atoms with Crippen LogP contribution in [0.1, 0.15) is 18.6 Å². The van der Waals surface area contributed by atoms with Crippen molar-refractivity contribution in [1.29, 1.82) is 0 Å². The number of halogens is 1. The SMILES string of the molecule is CCc1nc(CS(=O)(=O)c2cccc(F)c2)no1. The quantitative estimate of drug-likeness (QED) is 0.846. The second kappa shape index (κ2) is 4.85. The molecular weight excluding hydrogens is 259 g/mol. The average molecular weight is 270 g/mol. The lowest BCUT2D eigenvalue weighted by atomic mass is 10.4. The molecule has 0 bridgehead atoms. The van der Waals surface area contributed by atoms with Crippen molar-refractivity contribution in [1.82, 2.24) is 10.1 Å². The minimum absolute atomic E-state index is 0.0797. The highest BCUT2D eigenvalue weighted by Gasteiger charge is 2.19. The van der Waals surface area contributed by atoms with Gasteiger partial charge in [-0.1, -0.05) is 18.1 Å². The van der Waals surface area contributed by atoms with Crippen LogP contribution in [-0.4, -0.2) is 18.6 Å². The summed E-state index contributed by atoms with van der Waals surface area (Å²) in [6, 6.07) is 4.83. The number of rotatable bonds is 4. The lowest BCUT2D eigenvalue weighted by Gasteiger charge is -2.01. The Balaban J connectivity index is 2.27. The average Bonchev–Trinajstić information content (AvgIpc) is 2.76. The molecule has 0 amide bonds. The molecule has 7 heteroatoms. The zero-order chi connectivity index (χ0) is 13.2. The first-order chi connectivity index (χ1) is 8.51. The van der Waals surface area contributed by atoms with E-state index in [1.54, 1.807) is 0 Å². The van der Waals surface area contributed by atoms with Gasteiger partial charge in [0.1, 0.15) is 11.6 Å². The Kier molecular flexibility index (Phi) is 3.42. The summed E-state index contributed by atoms with van der Waals surface area (Å²) in [7, 11) is -3.66. The molecule has 0 saturated heterocycles. The van der Waals surface area contributed by atoms with Gasteiger partial charge >= 0.3 is 0 Å². The van der Waals surface area contributed by atoms with Crippen molar-refractivity contribution < 1.29 is 17.3 Å². The topological polar surface area (TPSA) is 73.1 Å². The van der Waals surface area contributed by atoms with Crippen LogP contribution in [0, 0.1) is 5.82 Å². The fourth-order valence-corrected chi connectivity index (χ4v) is 2.61. The monoisotopic (exact) mass is 270 g/mol. The van der Waals surface area contributed by atoms with Crippen molar-refractivity contribution in [3.63, 3.8) is 0 Å². The van der Waals surface area contributed by atoms with Gasteiger partial charge in [0.25, 0.3) is 0 Å². The van der Waals surface area contributed by atoms with Crippen LogP contribution in [0.25, 0.3) is 0 Å². The number of benzene rings is 1. The van der Waals surface area contributed by atoms with Crippen LogP contribution in [0.5, 0.6) is 0 Å². The van der Waals surface area contributed by atoms with E-state index in [2.05, 4.69) is 10.1 Å². The van der Waals surface area contributed by atoms with E-state index < -0.39 is 21.4 Å². The van der Waals surface area contributed by atoms with Crippen LogP contribution in [0.2, 0.25) is 0 Å². The van der Waals surface area contributed by atoms with Gasteiger partial charge in [0.2, 0.25) is 5.89 Å². The highest BCUT2D eigenvalue weighted by molar-refractivity contribution is 7.90. The van der Waals surface area contributed by atoms with Gasteiger partial charge in [-0.25, -0.2) is 12.8 Å². The lowest BCUT2D eigenvalue weighted by Crippen LogP contribution is -2.06. The molecule has 5 nitrogen and oxygen atoms in total. The number of nitrogens with zero attached hydrogens (tertiary/aromatic N) is 2. The summed E-state index contributed by atoms with van der Waals surface area (Å²) in [6.45, 7) is 1.82. The van der Waals surface area contributed by atoms with Gasteiger partial charge in [0.15, 0.2) is 15.7 Å². The van der Waals surface area contributed by atoms with E-state index in [9.17, 15) is 12.8 Å². The predicted octanol–water partition coefficient (Wildman–Crippen LogP) is 1.74. The van der Waals surface area contributed by atoms with E-state index in [4.69, 9.17) is 4.52 Å². The van der Waals surface area contributed by atoms with E-state index in [0.717, 1.165) is 6.07 Å². The normalized spacial score (nSPS) is 11.7. The Morgan fingerprint density at radius 2 is 2.17 bits per heavy atom. The largest absolute Gasteiger partial charge is 0.339 e. The Bertz CT molecular complexity index is 652. The smallest absolute Gasteiger partial charge is 0.226 e. The third kappa shape index (κ3) is 2.73. The molecule has 0 atom stereocenters. The fraction of sp³-hybridized carbons (Fsp3) is 0.273. The molecule has 0 saturated carbocycles. The van der Waals surface area contributed by atoms with Crippen molar-refractivity contribution >= 4 is 9.84 Å². The molecule has 2 aromatic rings. The maximum absolute atomic E-state index is 13.0. The maximum atomic E-state index is 13.0. The van der Waals surface area contributed by atoms with Crippen LogP contribution in [0.4, 0.5) is 4.39 Å². The summed E-state index contributed by atoms with van der Waals surface area (Å²) in [5.41, 5.74) is 0. The lowest BCUT2D eigenvalue weighted by molar-refractivity contribution is 0.378. The summed E-state index contributed by atoms with van der Waals surface area (Å²) in [4.78, 5) is 3.82. The minimum atomic E-state index is -3.66. The number of aryl methyl sites for hydroxylation is 1. The maximum Gasteiger partial charge on any atom is 0.226 e. The number of hydrogen-bond donors (Lipinski definition) is 0. The van der Waals surface area contributed by atoms with E-state index in [0.29, 0.717) is 12.3 Å². The van der Waals surface area contributed by atoms with E-state index in [1.165, 1.54) is 18.2 Å². The first-order valence-electron chi connectivity index (χ1n) is 5.31. The molecule has 18 heavy (non-hydrogen) atoms. The molecule has 0 aliphatic rings. The van der Waals surface area contributed by atoms with Crippen LogP contribution in [-0.2, 0) is 22.0 Å². The molecule has 2 rings (SSSR count). The summed E-state index contributed by atoms with van der Waals surface area (Å²) in [6.07, 6.45) is 0.535. The van der Waals surface area contributed by atoms with Crippen molar-refractivity contribution in [2.75, 3.05) is 0 Å². The third-order valence-corrected chi connectivity index (χ3v) is 3.90. The molecule has 0 fully saturated rings. The zero-order valence-electron chi connectivity index (χ0n) is 9.63. The van der Waals surface area contributed by atoms with Crippen LogP contribution >= 0.6 is 0 Å². The van der Waals surface area contributed by atoms with E-state index in [-0.39, 0.29) is 10.7 Å². The molecule has 96 valence electrons. The molecular formula is C11H11FN2O3S. The fourth-order valence-electron chi connectivity index (χ4n) is 1.41. The number of hydrogen-bond acceptors (Lipinski definition) is 5. The van der Waals surface area contributed by atoms with Crippen molar-refractivity contribution in [2.24, 2.45) is 0 Å². The molecule has 0 radical (unpaired) electrons. The predicted molar refractivity (Wildman–Crippen MR) is 61.0 cm³/mol. The Labute approximate surface area is 104 Å². The van der Waals surface area contributed by atoms with Gasteiger partial charge < -0.3 is 4.52 Å². The van der Waals surface area contributed by atoms with Gasteiger partial charge in [-0.3, -0.25) is 0 Å². The first kappa shape index (κ1) is 12.7. The molecule has 0 spiro atoms. The van der Waals surface area contributed by atoms with Gasteiger partial charge in [0, 0.05) is 6.42 Å². The molecule has 0 N–H and O–H groups in total. The van der Waals surface area contributed by atoms with Crippen molar-refractivity contribution in [3.05, 3.63) is 41.8 Å². The second-order valence-electron chi connectivity index (χ2n) is 3.67. The van der Waals surface area contributed by atoms with Crippen LogP contribution in [0.3, 0.4) is 0 Å². The summed E-state index contributed by atoms with van der Waals surface area (Å²) < 4.78 is 41.7. The Morgan fingerprint density at radius 3 is 2.78 bits per heavy atom. The zero-order valence-corrected chi connectivity index (χ0v) is 10.4. The molecule has 0 unspecified atom stereocenters. The minimum Gasteiger partial charge on any atom is -0.339 e. The number of sulfone groups is 1. The van der Waals surface area contributed by atoms with Gasteiger partial charge in [0.05, 0.1) is 4.90 Å². The van der Waals surface area contributed by atoms with Gasteiger partial charge in [-0.15, -0.1) is 0 Å². The summed E-state index contributed by atoms with van der Waals surface area (Å²) >= 11 is 0. The first-order valence-corrected chi connectivity index (χ1v) is 6.96. The van der Waals surface area contributed by atoms with Crippen molar-refractivity contribution in [2.45, 2.75) is 24.0 Å². The highest BCUT2D eigenvalue weighted by atomic mass is 32.2. The molecule has 1 aromatic carbocycles. The van der Waals surface area contributed by atoms with E-state index >= 15 is 0 Å². The van der Waals surface area contributed by atoms with Gasteiger partial charge in [-0.2, -0.15) is 4.98 Å². The molecule has 0 aliphatic carbocycles. The summed E-state index contributed by atoms with van der Waals surface area (Å²) in [5.74, 6) is -0.547. The standard InChI is InChI=1S/C11H11FN2O3S/c1-2-11-13-10(14-17-11)7-18(15,16)9-5-3-4-8(12)6-9/h3-6H,2,7H2,1H3. The Morgan fingerprint density at radius 1 is 1.39 bits per heavy atom. The van der Waals surface area contributed by atoms with Crippen LogP contribution in [0.15, 0.2) is 33.7 Å².